The van der Waals surface area contributed by atoms with Gasteiger partial charge in [-0.3, -0.25) is 14.4 Å². The molecule has 0 aromatic heterocycles. The van der Waals surface area contributed by atoms with Crippen LogP contribution in [0, 0.1) is 17.8 Å². The molecule has 1 spiro atoms. The van der Waals surface area contributed by atoms with Gasteiger partial charge in [-0.2, -0.15) is 0 Å². The average Bonchev–Trinajstić information content (AvgIpc) is 3.61. The number of hydrogen-bond donors (Lipinski definition) is 1. The molecule has 1 aromatic carbocycles. The second-order valence-corrected chi connectivity index (χ2v) is 12.2. The van der Waals surface area contributed by atoms with Gasteiger partial charge in [0.05, 0.1) is 30.8 Å². The number of hydrogen-bond acceptors (Lipinski definition) is 7. The molecule has 0 radical (unpaired) electrons. The van der Waals surface area contributed by atoms with E-state index in [1.165, 1.54) is 4.90 Å². The normalized spacial score (nSPS) is 28.1. The van der Waals surface area contributed by atoms with E-state index < -0.39 is 41.1 Å². The molecule has 3 aliphatic rings. The number of ether oxygens (including phenoxy) is 2. The third kappa shape index (κ3) is 5.39. The number of aliphatic hydroxyl groups is 1. The van der Waals surface area contributed by atoms with Crippen LogP contribution in [0.2, 0.25) is 0 Å². The smallest absolute Gasteiger partial charge is 0.312 e. The molecule has 2 unspecified atom stereocenters. The Balaban J connectivity index is 1.81. The first-order valence-electron chi connectivity index (χ1n) is 15.8. The van der Waals surface area contributed by atoms with Gasteiger partial charge in [-0.05, 0) is 69.7 Å². The summed E-state index contributed by atoms with van der Waals surface area (Å²) < 4.78 is 12.5. The summed E-state index contributed by atoms with van der Waals surface area (Å²) in [5.41, 5.74) is -0.375. The average molecular weight is 596 g/mol. The fraction of sp³-hybridized carbons (Fsp3) is 0.618. The van der Waals surface area contributed by atoms with Crippen molar-refractivity contribution in [2.45, 2.75) is 83.6 Å². The van der Waals surface area contributed by atoms with E-state index in [1.54, 1.807) is 17.1 Å². The molecule has 0 aliphatic carbocycles. The maximum atomic E-state index is 14.9. The number of carbonyl (C=O) groups excluding carboxylic acids is 3. The number of anilines is 2. The summed E-state index contributed by atoms with van der Waals surface area (Å²) in [6, 6.07) is 6.16. The fourth-order valence-corrected chi connectivity index (χ4v) is 7.64. The van der Waals surface area contributed by atoms with Crippen LogP contribution in [0.3, 0.4) is 0 Å². The minimum Gasteiger partial charge on any atom is -0.465 e. The lowest BCUT2D eigenvalue weighted by molar-refractivity contribution is -0.162. The molecule has 3 heterocycles. The highest BCUT2D eigenvalue weighted by atomic mass is 16.6. The van der Waals surface area contributed by atoms with E-state index in [0.717, 1.165) is 18.8 Å². The molecule has 1 N–H and O–H groups in total. The maximum absolute atomic E-state index is 14.9. The summed E-state index contributed by atoms with van der Waals surface area (Å²) in [5.74, 6) is -2.97. The molecule has 6 atom stereocenters. The van der Waals surface area contributed by atoms with E-state index in [1.807, 2.05) is 45.0 Å². The minimum absolute atomic E-state index is 0.143. The lowest BCUT2D eigenvalue weighted by Crippen LogP contribution is -2.60. The molecular formula is C34H49N3O6. The van der Waals surface area contributed by atoms with Gasteiger partial charge in [-0.15, -0.1) is 13.2 Å². The summed E-state index contributed by atoms with van der Waals surface area (Å²) in [6.45, 7) is 19.4. The van der Waals surface area contributed by atoms with E-state index in [-0.39, 0.29) is 37.5 Å². The number of esters is 1. The Kier molecular flexibility index (Phi) is 10.1. The molecule has 3 fully saturated rings. The fourth-order valence-electron chi connectivity index (χ4n) is 7.64. The van der Waals surface area contributed by atoms with Gasteiger partial charge >= 0.3 is 5.97 Å². The first kappa shape index (κ1) is 32.7. The Labute approximate surface area is 256 Å². The molecule has 3 saturated heterocycles. The molecule has 2 amide bonds. The molecule has 9 heteroatoms. The van der Waals surface area contributed by atoms with Gasteiger partial charge in [0.2, 0.25) is 5.91 Å². The van der Waals surface area contributed by atoms with Crippen LogP contribution < -0.4 is 9.80 Å². The lowest BCUT2D eigenvalue weighted by atomic mass is 9.65. The number of aliphatic hydroxyl groups excluding tert-OH is 1. The van der Waals surface area contributed by atoms with Crippen LogP contribution in [0.4, 0.5) is 11.4 Å². The van der Waals surface area contributed by atoms with Gasteiger partial charge in [-0.1, -0.05) is 32.9 Å². The Morgan fingerprint density at radius 2 is 1.77 bits per heavy atom. The number of likely N-dealkylation sites (tertiary alicyclic amines) is 1. The number of rotatable bonds is 15. The first-order valence-corrected chi connectivity index (χ1v) is 15.8. The van der Waals surface area contributed by atoms with Crippen LogP contribution in [0.5, 0.6) is 0 Å². The van der Waals surface area contributed by atoms with Crippen molar-refractivity contribution in [2.24, 2.45) is 17.8 Å². The van der Waals surface area contributed by atoms with Crippen molar-refractivity contribution in [1.82, 2.24) is 4.90 Å². The monoisotopic (exact) mass is 595 g/mol. The van der Waals surface area contributed by atoms with E-state index >= 15 is 0 Å². The van der Waals surface area contributed by atoms with Gasteiger partial charge in [0.1, 0.15) is 17.6 Å². The number of amides is 2. The standard InChI is InChI=1S/C34H49N3O6/c1-8-13-21-42-32(41)28-27-30(39)37(26(22-38)23(6)7)29(34(27)19-18-33(28,10-3)43-34)31(40)36(20-9-2)25-16-14-24(15-17-25)35(11-4)12-5/h8-9,14-17,23,26-29,38H,1-2,10-13,18-22H2,3-7H3/t26-,27-,28+,29?,33-,34?/m0/s1. The van der Waals surface area contributed by atoms with Gasteiger partial charge in [0.15, 0.2) is 0 Å². The second-order valence-electron chi connectivity index (χ2n) is 12.2. The zero-order chi connectivity index (χ0) is 31.5. The molecule has 43 heavy (non-hydrogen) atoms. The topological polar surface area (TPSA) is 99.6 Å². The summed E-state index contributed by atoms with van der Waals surface area (Å²) in [6.07, 6.45) is 5.35. The van der Waals surface area contributed by atoms with Crippen molar-refractivity contribution in [1.29, 1.82) is 0 Å². The molecule has 236 valence electrons. The van der Waals surface area contributed by atoms with Crippen molar-refractivity contribution >= 4 is 29.2 Å². The summed E-state index contributed by atoms with van der Waals surface area (Å²) in [7, 11) is 0. The summed E-state index contributed by atoms with van der Waals surface area (Å²) >= 11 is 0. The zero-order valence-electron chi connectivity index (χ0n) is 26.5. The summed E-state index contributed by atoms with van der Waals surface area (Å²) in [5, 5.41) is 10.5. The molecule has 3 aliphatic heterocycles. The van der Waals surface area contributed by atoms with Crippen molar-refractivity contribution in [3.8, 4) is 0 Å². The van der Waals surface area contributed by atoms with Crippen LogP contribution in [0.25, 0.3) is 0 Å². The lowest BCUT2D eigenvalue weighted by Gasteiger charge is -2.40. The number of fused-ring (bicyclic) bond motifs is 1. The number of nitrogens with zero attached hydrogens (tertiary/aromatic N) is 3. The highest BCUT2D eigenvalue weighted by Crippen LogP contribution is 2.65. The van der Waals surface area contributed by atoms with E-state index in [4.69, 9.17) is 9.47 Å². The molecule has 9 nitrogen and oxygen atoms in total. The van der Waals surface area contributed by atoms with E-state index in [9.17, 15) is 19.5 Å². The van der Waals surface area contributed by atoms with Crippen molar-refractivity contribution in [3.05, 3.63) is 49.6 Å². The zero-order valence-corrected chi connectivity index (χ0v) is 26.5. The van der Waals surface area contributed by atoms with E-state index in [0.29, 0.717) is 31.4 Å². The number of carbonyl (C=O) groups is 3. The Morgan fingerprint density at radius 1 is 1.12 bits per heavy atom. The van der Waals surface area contributed by atoms with Crippen LogP contribution in [-0.2, 0) is 23.9 Å². The molecule has 1 aromatic rings. The molecule has 0 saturated carbocycles. The Hall–Kier alpha value is -3.17. The van der Waals surface area contributed by atoms with Crippen molar-refractivity contribution in [2.75, 3.05) is 42.6 Å². The van der Waals surface area contributed by atoms with Crippen LogP contribution in [0.15, 0.2) is 49.6 Å². The number of benzene rings is 1. The third-order valence-electron chi connectivity index (χ3n) is 9.85. The second kappa shape index (κ2) is 13.2. The Bertz CT molecular complexity index is 1200. The quantitative estimate of drug-likeness (QED) is 0.183. The van der Waals surface area contributed by atoms with E-state index in [2.05, 4.69) is 31.9 Å². The molecule has 2 bridgehead atoms. The molecular weight excluding hydrogens is 546 g/mol. The van der Waals surface area contributed by atoms with Crippen molar-refractivity contribution in [3.63, 3.8) is 0 Å². The van der Waals surface area contributed by atoms with Gasteiger partial charge in [-0.25, -0.2) is 0 Å². The van der Waals surface area contributed by atoms with Crippen LogP contribution >= 0.6 is 0 Å². The predicted molar refractivity (Wildman–Crippen MR) is 168 cm³/mol. The van der Waals surface area contributed by atoms with Crippen LogP contribution in [-0.4, -0.2) is 83.9 Å². The largest absolute Gasteiger partial charge is 0.465 e. The minimum atomic E-state index is -1.21. The van der Waals surface area contributed by atoms with Gasteiger partial charge in [0, 0.05) is 31.0 Å². The Morgan fingerprint density at radius 3 is 2.30 bits per heavy atom. The van der Waals surface area contributed by atoms with Gasteiger partial charge < -0.3 is 29.3 Å². The highest BCUT2D eigenvalue weighted by molar-refractivity contribution is 6.05. The van der Waals surface area contributed by atoms with Crippen LogP contribution in [0.1, 0.15) is 60.3 Å². The van der Waals surface area contributed by atoms with Gasteiger partial charge in [0.25, 0.3) is 5.91 Å². The third-order valence-corrected chi connectivity index (χ3v) is 9.85. The molecule has 4 rings (SSSR count). The highest BCUT2D eigenvalue weighted by Gasteiger charge is 2.79. The first-order chi connectivity index (χ1) is 20.6. The van der Waals surface area contributed by atoms with Crippen molar-refractivity contribution < 1.29 is 29.0 Å². The maximum Gasteiger partial charge on any atom is 0.312 e. The predicted octanol–water partition coefficient (Wildman–Crippen LogP) is 4.34. The summed E-state index contributed by atoms with van der Waals surface area (Å²) in [4.78, 5) is 48.4. The SMILES string of the molecule is C=CCCOC(=O)[C@H]1[C@H]2C(=O)N([C@@H](CO)C(C)C)C(C(=O)N(CC=C)c3ccc(N(CC)CC)cc3)C23CC[C@]1(CC)O3.